The van der Waals surface area contributed by atoms with Crippen LogP contribution in [-0.2, 0) is 0 Å². The molecule has 0 aliphatic rings. The van der Waals surface area contributed by atoms with Gasteiger partial charge in [0.1, 0.15) is 5.82 Å². The van der Waals surface area contributed by atoms with Crippen molar-refractivity contribution in [1.82, 2.24) is 10.2 Å². The van der Waals surface area contributed by atoms with E-state index >= 15 is 0 Å². The molecule has 1 aromatic heterocycles. The summed E-state index contributed by atoms with van der Waals surface area (Å²) in [7, 11) is 0. The third kappa shape index (κ3) is 2.58. The van der Waals surface area contributed by atoms with E-state index in [4.69, 9.17) is 0 Å². The van der Waals surface area contributed by atoms with Crippen molar-refractivity contribution >= 4 is 54.0 Å². The van der Waals surface area contributed by atoms with Gasteiger partial charge >= 0.3 is 0 Å². The van der Waals surface area contributed by atoms with Gasteiger partial charge in [-0.05, 0) is 56.5 Å². The van der Waals surface area contributed by atoms with Gasteiger partial charge in [0.15, 0.2) is 3.92 Å². The molecular weight excluding hydrogens is 361 g/mol. The highest BCUT2D eigenvalue weighted by Crippen LogP contribution is 2.29. The molecule has 1 N–H and O–H groups in total. The molecule has 2 aromatic rings. The first-order valence-corrected chi connectivity index (χ1v) is 6.68. The summed E-state index contributed by atoms with van der Waals surface area (Å²) in [5, 5.41) is 11.5. The summed E-state index contributed by atoms with van der Waals surface area (Å²) >= 11 is 7.74. The second kappa shape index (κ2) is 4.77. The minimum absolute atomic E-state index is 0.276. The van der Waals surface area contributed by atoms with E-state index in [2.05, 4.69) is 47.4 Å². The van der Waals surface area contributed by atoms with Gasteiger partial charge in [0.25, 0.3) is 0 Å². The monoisotopic (exact) mass is 365 g/mol. The molecule has 0 radical (unpaired) electrons. The van der Waals surface area contributed by atoms with Crippen LogP contribution in [0, 0.1) is 12.7 Å². The number of aryl methyl sites for hydroxylation is 1. The molecule has 0 amide bonds. The fourth-order valence-corrected chi connectivity index (χ4v) is 2.52. The first-order valence-electron chi connectivity index (χ1n) is 4.28. The van der Waals surface area contributed by atoms with Crippen molar-refractivity contribution in [1.29, 1.82) is 0 Å². The van der Waals surface area contributed by atoms with E-state index in [1.54, 1.807) is 6.07 Å². The van der Waals surface area contributed by atoms with Crippen LogP contribution in [0.3, 0.4) is 0 Å². The number of hydrogen-bond acceptors (Lipinski definition) is 4. The van der Waals surface area contributed by atoms with E-state index in [9.17, 15) is 4.39 Å². The number of rotatable bonds is 2. The average molecular weight is 367 g/mol. The van der Waals surface area contributed by atoms with E-state index in [1.165, 1.54) is 17.4 Å². The van der Waals surface area contributed by atoms with Crippen LogP contribution >= 0.6 is 43.2 Å². The van der Waals surface area contributed by atoms with E-state index in [0.29, 0.717) is 13.5 Å². The molecule has 0 aliphatic heterocycles. The van der Waals surface area contributed by atoms with Gasteiger partial charge in [-0.3, -0.25) is 0 Å². The molecule has 0 spiro atoms. The third-order valence-corrected chi connectivity index (χ3v) is 3.79. The molecule has 0 fully saturated rings. The molecule has 0 aliphatic carbocycles. The Morgan fingerprint density at radius 1 is 1.31 bits per heavy atom. The SMILES string of the molecule is Cc1cc(F)c(Br)cc1Nc1nnc(Br)s1. The van der Waals surface area contributed by atoms with Crippen LogP contribution in [0.25, 0.3) is 0 Å². The van der Waals surface area contributed by atoms with Gasteiger partial charge in [0.2, 0.25) is 5.13 Å². The lowest BCUT2D eigenvalue weighted by molar-refractivity contribution is 0.620. The molecule has 0 bridgehead atoms. The first-order chi connectivity index (χ1) is 7.56. The summed E-state index contributed by atoms with van der Waals surface area (Å²) in [5.41, 5.74) is 1.61. The quantitative estimate of drug-likeness (QED) is 0.863. The van der Waals surface area contributed by atoms with Crippen molar-refractivity contribution < 1.29 is 4.39 Å². The van der Waals surface area contributed by atoms with Gasteiger partial charge in [-0.25, -0.2) is 4.39 Å². The summed E-state index contributed by atoms with van der Waals surface area (Å²) < 4.78 is 14.3. The van der Waals surface area contributed by atoms with Crippen molar-refractivity contribution in [3.63, 3.8) is 0 Å². The largest absolute Gasteiger partial charge is 0.330 e. The van der Waals surface area contributed by atoms with Crippen LogP contribution in [0.1, 0.15) is 5.56 Å². The maximum Gasteiger partial charge on any atom is 0.210 e. The number of aromatic nitrogens is 2. The van der Waals surface area contributed by atoms with Crippen molar-refractivity contribution in [2.45, 2.75) is 6.92 Å². The van der Waals surface area contributed by atoms with Crippen LogP contribution < -0.4 is 5.32 Å². The Hall–Kier alpha value is -0.530. The Bertz CT molecular complexity index is 529. The highest BCUT2D eigenvalue weighted by Gasteiger charge is 2.07. The molecule has 0 saturated carbocycles. The predicted octanol–water partition coefficient (Wildman–Crippen LogP) is 4.25. The highest BCUT2D eigenvalue weighted by molar-refractivity contribution is 9.11. The van der Waals surface area contributed by atoms with Gasteiger partial charge in [-0.2, -0.15) is 0 Å². The zero-order valence-electron chi connectivity index (χ0n) is 8.09. The fraction of sp³-hybridized carbons (Fsp3) is 0.111. The Labute approximate surface area is 112 Å². The lowest BCUT2D eigenvalue weighted by Crippen LogP contribution is -1.94. The van der Waals surface area contributed by atoms with E-state index in [0.717, 1.165) is 11.3 Å². The molecule has 1 heterocycles. The van der Waals surface area contributed by atoms with E-state index < -0.39 is 0 Å². The van der Waals surface area contributed by atoms with Crippen LogP contribution in [0.5, 0.6) is 0 Å². The van der Waals surface area contributed by atoms with Crippen LogP contribution in [0.4, 0.5) is 15.2 Å². The van der Waals surface area contributed by atoms with Gasteiger partial charge in [0, 0.05) is 5.69 Å². The lowest BCUT2D eigenvalue weighted by atomic mass is 10.2. The molecular formula is C9H6Br2FN3S. The topological polar surface area (TPSA) is 37.8 Å². The molecule has 84 valence electrons. The van der Waals surface area contributed by atoms with Gasteiger partial charge in [-0.15, -0.1) is 10.2 Å². The van der Waals surface area contributed by atoms with Crippen molar-refractivity contribution in [2.75, 3.05) is 5.32 Å². The number of nitrogens with zero attached hydrogens (tertiary/aromatic N) is 2. The van der Waals surface area contributed by atoms with Gasteiger partial charge < -0.3 is 5.32 Å². The third-order valence-electron chi connectivity index (χ3n) is 1.91. The second-order valence-corrected chi connectivity index (χ2v) is 6.17. The zero-order valence-corrected chi connectivity index (χ0v) is 12.1. The minimum Gasteiger partial charge on any atom is -0.330 e. The molecule has 16 heavy (non-hydrogen) atoms. The number of benzene rings is 1. The van der Waals surface area contributed by atoms with Crippen molar-refractivity contribution in [3.05, 3.63) is 31.9 Å². The predicted molar refractivity (Wildman–Crippen MR) is 69.7 cm³/mol. The summed E-state index contributed by atoms with van der Waals surface area (Å²) in [6, 6.07) is 3.14. The lowest BCUT2D eigenvalue weighted by Gasteiger charge is -2.07. The highest BCUT2D eigenvalue weighted by atomic mass is 79.9. The van der Waals surface area contributed by atoms with Gasteiger partial charge in [-0.1, -0.05) is 11.3 Å². The summed E-state index contributed by atoms with van der Waals surface area (Å²) in [6.07, 6.45) is 0. The van der Waals surface area contributed by atoms with Crippen molar-refractivity contribution in [2.24, 2.45) is 0 Å². The first kappa shape index (κ1) is 11.9. The summed E-state index contributed by atoms with van der Waals surface area (Å²) in [4.78, 5) is 0. The Kier molecular flexibility index (Phi) is 3.56. The molecule has 3 nitrogen and oxygen atoms in total. The van der Waals surface area contributed by atoms with E-state index in [-0.39, 0.29) is 5.82 Å². The maximum absolute atomic E-state index is 13.2. The minimum atomic E-state index is -0.276. The standard InChI is InChI=1S/C9H6Br2FN3S/c1-4-2-6(12)5(10)3-7(4)13-9-15-14-8(11)16-9/h2-3H,1H3,(H,13,15). The van der Waals surface area contributed by atoms with Crippen LogP contribution in [0.2, 0.25) is 0 Å². The molecule has 7 heteroatoms. The molecule has 1 aromatic carbocycles. The molecule has 0 saturated heterocycles. The Balaban J connectivity index is 2.31. The van der Waals surface area contributed by atoms with Crippen molar-refractivity contribution in [3.8, 4) is 0 Å². The number of hydrogen-bond donors (Lipinski definition) is 1. The van der Waals surface area contributed by atoms with E-state index in [1.807, 2.05) is 6.92 Å². The average Bonchev–Trinajstić information content (AvgIpc) is 2.60. The Morgan fingerprint density at radius 3 is 2.69 bits per heavy atom. The zero-order chi connectivity index (χ0) is 11.7. The normalized spacial score (nSPS) is 10.5. The number of anilines is 2. The van der Waals surface area contributed by atoms with Gasteiger partial charge in [0.05, 0.1) is 4.47 Å². The smallest absolute Gasteiger partial charge is 0.210 e. The fourth-order valence-electron chi connectivity index (χ4n) is 1.15. The maximum atomic E-state index is 13.2. The Morgan fingerprint density at radius 2 is 2.06 bits per heavy atom. The molecule has 2 rings (SSSR count). The number of nitrogens with one attached hydrogen (secondary N) is 1. The van der Waals surface area contributed by atoms with Crippen LogP contribution in [-0.4, -0.2) is 10.2 Å². The van der Waals surface area contributed by atoms with Crippen LogP contribution in [0.15, 0.2) is 20.5 Å². The second-order valence-electron chi connectivity index (χ2n) is 3.07. The number of halogens is 3. The molecule has 0 atom stereocenters. The summed E-state index contributed by atoms with van der Waals surface area (Å²) in [6.45, 7) is 1.83. The molecule has 0 unspecified atom stereocenters. The summed E-state index contributed by atoms with van der Waals surface area (Å²) in [5.74, 6) is -0.276.